The van der Waals surface area contributed by atoms with Crippen molar-refractivity contribution in [1.29, 1.82) is 0 Å². The smallest absolute Gasteiger partial charge is 0.282 e. The summed E-state index contributed by atoms with van der Waals surface area (Å²) in [5.41, 5.74) is 0.688. The van der Waals surface area contributed by atoms with Crippen LogP contribution in [0, 0.1) is 0 Å². The summed E-state index contributed by atoms with van der Waals surface area (Å²) in [7, 11) is 2.98. The molecule has 0 aliphatic heterocycles. The van der Waals surface area contributed by atoms with E-state index in [4.69, 9.17) is 21.1 Å². The molecule has 0 fully saturated rings. The number of anilines is 2. The number of halogens is 1. The molecular weight excluding hydrogens is 420 g/mol. The number of ether oxygens (including phenoxy) is 2. The molecule has 3 rings (SSSR count). The summed E-state index contributed by atoms with van der Waals surface area (Å²) in [5.74, 6) is 0.163. The summed E-state index contributed by atoms with van der Waals surface area (Å²) in [6.07, 6.45) is 1.53. The predicted octanol–water partition coefficient (Wildman–Crippen LogP) is 4.27. The van der Waals surface area contributed by atoms with Gasteiger partial charge in [-0.05, 0) is 48.5 Å². The zero-order valence-electron chi connectivity index (χ0n) is 16.8. The fourth-order valence-electron chi connectivity index (χ4n) is 2.81. The third kappa shape index (κ3) is 4.81. The minimum Gasteiger partial charge on any atom is -0.493 e. The molecule has 0 unspecified atom stereocenters. The highest BCUT2D eigenvalue weighted by atomic mass is 35.5. The summed E-state index contributed by atoms with van der Waals surface area (Å²) in [4.78, 5) is 30.1. The lowest BCUT2D eigenvalue weighted by molar-refractivity contribution is 0.0988. The standard InChI is InChI=1S/C22H19ClN4O4/c1-24-27(20-6-4-5-11-25-20)22(29)16-13-15(23)8-9-17(16)26-21(28)14-7-10-18(30-2)19(12-14)31-3/h4-13H,1H2,2-3H3,(H,26,28). The Bertz CT molecular complexity index is 1120. The van der Waals surface area contributed by atoms with E-state index >= 15 is 0 Å². The second-order valence-corrected chi connectivity index (χ2v) is 6.60. The number of hydrazone groups is 1. The second-order valence-electron chi connectivity index (χ2n) is 6.16. The zero-order chi connectivity index (χ0) is 22.4. The number of amides is 2. The van der Waals surface area contributed by atoms with Gasteiger partial charge >= 0.3 is 0 Å². The number of aromatic nitrogens is 1. The van der Waals surface area contributed by atoms with Gasteiger partial charge in [0.2, 0.25) is 0 Å². The van der Waals surface area contributed by atoms with E-state index in [1.807, 2.05) is 0 Å². The van der Waals surface area contributed by atoms with Crippen molar-refractivity contribution in [2.75, 3.05) is 24.5 Å². The number of nitrogens with one attached hydrogen (secondary N) is 1. The molecule has 2 amide bonds. The van der Waals surface area contributed by atoms with E-state index < -0.39 is 11.8 Å². The topological polar surface area (TPSA) is 93.1 Å². The fraction of sp³-hybridized carbons (Fsp3) is 0.0909. The van der Waals surface area contributed by atoms with Gasteiger partial charge < -0.3 is 14.8 Å². The van der Waals surface area contributed by atoms with Gasteiger partial charge in [0.15, 0.2) is 17.3 Å². The lowest BCUT2D eigenvalue weighted by Crippen LogP contribution is -2.27. The van der Waals surface area contributed by atoms with E-state index in [1.54, 1.807) is 36.4 Å². The molecule has 0 saturated carbocycles. The molecule has 0 aliphatic rings. The van der Waals surface area contributed by atoms with E-state index in [9.17, 15) is 9.59 Å². The Morgan fingerprint density at radius 2 is 1.84 bits per heavy atom. The zero-order valence-corrected chi connectivity index (χ0v) is 17.6. The molecule has 0 aliphatic carbocycles. The number of pyridine rings is 1. The van der Waals surface area contributed by atoms with Crippen molar-refractivity contribution in [2.45, 2.75) is 0 Å². The van der Waals surface area contributed by atoms with Crippen LogP contribution >= 0.6 is 11.6 Å². The van der Waals surface area contributed by atoms with E-state index in [0.29, 0.717) is 22.1 Å². The number of benzene rings is 2. The summed E-state index contributed by atoms with van der Waals surface area (Å²) >= 11 is 6.11. The highest BCUT2D eigenvalue weighted by Gasteiger charge is 2.22. The molecule has 1 N–H and O–H groups in total. The number of carbonyl (C=O) groups excluding carboxylic acids is 2. The van der Waals surface area contributed by atoms with E-state index in [0.717, 1.165) is 5.01 Å². The van der Waals surface area contributed by atoms with Gasteiger partial charge in [-0.3, -0.25) is 9.59 Å². The number of carbonyl (C=O) groups is 2. The van der Waals surface area contributed by atoms with Crippen molar-refractivity contribution in [3.05, 3.63) is 76.9 Å². The van der Waals surface area contributed by atoms with Crippen LogP contribution in [0.2, 0.25) is 5.02 Å². The molecule has 0 bridgehead atoms. The van der Waals surface area contributed by atoms with Gasteiger partial charge in [0.05, 0.1) is 25.5 Å². The molecule has 0 spiro atoms. The first-order chi connectivity index (χ1) is 15.0. The first-order valence-corrected chi connectivity index (χ1v) is 9.41. The maximum atomic E-state index is 13.2. The molecule has 1 aromatic heterocycles. The SMILES string of the molecule is C=NN(C(=O)c1cc(Cl)ccc1NC(=O)c1ccc(OC)c(OC)c1)c1ccccn1. The molecule has 0 saturated heterocycles. The minimum absolute atomic E-state index is 0.124. The van der Waals surface area contributed by atoms with Crippen molar-refractivity contribution in [3.8, 4) is 11.5 Å². The molecule has 0 atom stereocenters. The van der Waals surface area contributed by atoms with Crippen molar-refractivity contribution >= 4 is 41.6 Å². The van der Waals surface area contributed by atoms with Crippen LogP contribution in [0.4, 0.5) is 11.5 Å². The number of hydrogen-bond acceptors (Lipinski definition) is 6. The first kappa shape index (κ1) is 21.8. The van der Waals surface area contributed by atoms with Gasteiger partial charge in [0, 0.05) is 23.5 Å². The fourth-order valence-corrected chi connectivity index (χ4v) is 2.98. The maximum absolute atomic E-state index is 13.2. The molecule has 1 heterocycles. The third-order valence-corrected chi connectivity index (χ3v) is 4.54. The molecule has 31 heavy (non-hydrogen) atoms. The first-order valence-electron chi connectivity index (χ1n) is 9.03. The van der Waals surface area contributed by atoms with Crippen LogP contribution in [0.5, 0.6) is 11.5 Å². The predicted molar refractivity (Wildman–Crippen MR) is 120 cm³/mol. The van der Waals surface area contributed by atoms with E-state index in [-0.39, 0.29) is 17.1 Å². The summed E-state index contributed by atoms with van der Waals surface area (Å²) in [5, 5.41) is 7.84. The van der Waals surface area contributed by atoms with Crippen LogP contribution < -0.4 is 19.8 Å². The Labute approximate surface area is 184 Å². The highest BCUT2D eigenvalue weighted by molar-refractivity contribution is 6.31. The number of hydrogen-bond donors (Lipinski definition) is 1. The molecule has 158 valence electrons. The monoisotopic (exact) mass is 438 g/mol. The molecular formula is C22H19ClN4O4. The number of methoxy groups -OCH3 is 2. The molecule has 8 nitrogen and oxygen atoms in total. The van der Waals surface area contributed by atoms with E-state index in [2.05, 4.69) is 22.1 Å². The van der Waals surface area contributed by atoms with E-state index in [1.165, 1.54) is 38.6 Å². The van der Waals surface area contributed by atoms with Gasteiger partial charge in [-0.1, -0.05) is 17.7 Å². The van der Waals surface area contributed by atoms with Gasteiger partial charge in [-0.15, -0.1) is 0 Å². The van der Waals surface area contributed by atoms with Crippen LogP contribution in [0.3, 0.4) is 0 Å². The van der Waals surface area contributed by atoms with Crippen LogP contribution in [-0.4, -0.2) is 37.7 Å². The summed E-state index contributed by atoms with van der Waals surface area (Å²) in [6, 6.07) is 14.3. The average molecular weight is 439 g/mol. The van der Waals surface area contributed by atoms with Gasteiger partial charge in [-0.2, -0.15) is 10.1 Å². The minimum atomic E-state index is -0.557. The van der Waals surface area contributed by atoms with Crippen LogP contribution in [-0.2, 0) is 0 Å². The lowest BCUT2D eigenvalue weighted by Gasteiger charge is -2.18. The van der Waals surface area contributed by atoms with Gasteiger partial charge in [0.25, 0.3) is 11.8 Å². The summed E-state index contributed by atoms with van der Waals surface area (Å²) < 4.78 is 10.4. The van der Waals surface area contributed by atoms with Crippen molar-refractivity contribution < 1.29 is 19.1 Å². The summed E-state index contributed by atoms with van der Waals surface area (Å²) in [6.45, 7) is 3.45. The Balaban J connectivity index is 1.94. The molecule has 9 heteroatoms. The van der Waals surface area contributed by atoms with Crippen molar-refractivity contribution in [3.63, 3.8) is 0 Å². The van der Waals surface area contributed by atoms with Crippen LogP contribution in [0.25, 0.3) is 0 Å². The lowest BCUT2D eigenvalue weighted by atomic mass is 10.1. The van der Waals surface area contributed by atoms with Gasteiger partial charge in [0.1, 0.15) is 0 Å². The van der Waals surface area contributed by atoms with Gasteiger partial charge in [-0.25, -0.2) is 4.98 Å². The Kier molecular flexibility index (Phi) is 6.84. The molecule has 0 radical (unpaired) electrons. The van der Waals surface area contributed by atoms with Crippen molar-refractivity contribution in [2.24, 2.45) is 5.10 Å². The van der Waals surface area contributed by atoms with Crippen molar-refractivity contribution in [1.82, 2.24) is 4.98 Å². The Hall–Kier alpha value is -3.91. The third-order valence-electron chi connectivity index (χ3n) is 4.31. The quantitative estimate of drug-likeness (QED) is 0.439. The molecule has 2 aromatic carbocycles. The number of nitrogens with zero attached hydrogens (tertiary/aromatic N) is 3. The Morgan fingerprint density at radius 1 is 1.06 bits per heavy atom. The average Bonchev–Trinajstić information content (AvgIpc) is 2.80. The maximum Gasteiger partial charge on any atom is 0.282 e. The largest absolute Gasteiger partial charge is 0.493 e. The highest BCUT2D eigenvalue weighted by Crippen LogP contribution is 2.29. The second kappa shape index (κ2) is 9.73. The molecule has 3 aromatic rings. The normalized spacial score (nSPS) is 10.2. The van der Waals surface area contributed by atoms with Crippen LogP contribution in [0.1, 0.15) is 20.7 Å². The van der Waals surface area contributed by atoms with Crippen LogP contribution in [0.15, 0.2) is 65.9 Å². The number of rotatable bonds is 7. The Morgan fingerprint density at radius 3 is 2.48 bits per heavy atom.